The van der Waals surface area contributed by atoms with Crippen molar-refractivity contribution in [2.24, 2.45) is 5.10 Å². The van der Waals surface area contributed by atoms with E-state index in [-0.39, 0.29) is 17.2 Å². The molecule has 0 bridgehead atoms. The van der Waals surface area contributed by atoms with Gasteiger partial charge in [-0.1, -0.05) is 76.1 Å². The zero-order valence-electron chi connectivity index (χ0n) is 16.6. The predicted octanol–water partition coefficient (Wildman–Crippen LogP) is 6.24. The van der Waals surface area contributed by atoms with Crippen LogP contribution in [0.15, 0.2) is 94.5 Å². The highest BCUT2D eigenvalue weighted by Crippen LogP contribution is 2.24. The summed E-state index contributed by atoms with van der Waals surface area (Å²) in [7, 11) is 0. The number of nitrogens with one attached hydrogen (secondary N) is 1. The van der Waals surface area contributed by atoms with Crippen molar-refractivity contribution in [3.8, 4) is 5.75 Å². The highest BCUT2D eigenvalue weighted by atomic mass is 79.9. The van der Waals surface area contributed by atoms with Gasteiger partial charge in [0.1, 0.15) is 5.75 Å². The van der Waals surface area contributed by atoms with Crippen LogP contribution in [0.1, 0.15) is 26.3 Å². The van der Waals surface area contributed by atoms with Crippen LogP contribution >= 0.6 is 27.5 Å². The molecule has 0 aromatic heterocycles. The summed E-state index contributed by atoms with van der Waals surface area (Å²) in [6, 6.07) is 24.9. The number of hydrogen-bond acceptors (Lipinski definition) is 4. The smallest absolute Gasteiger partial charge is 0.345 e. The van der Waals surface area contributed by atoms with Crippen LogP contribution in [0.3, 0.4) is 0 Å². The summed E-state index contributed by atoms with van der Waals surface area (Å²) in [5.41, 5.74) is 3.80. The van der Waals surface area contributed by atoms with Gasteiger partial charge in [0, 0.05) is 15.6 Å². The van der Waals surface area contributed by atoms with Crippen molar-refractivity contribution in [1.82, 2.24) is 5.43 Å². The molecule has 1 N–H and O–H groups in total. The lowest BCUT2D eigenvalue weighted by atomic mass is 10.0. The minimum Gasteiger partial charge on any atom is -0.422 e. The molecule has 5 nitrogen and oxygen atoms in total. The average Bonchev–Trinajstić information content (AvgIpc) is 2.80. The molecule has 0 atom stereocenters. The van der Waals surface area contributed by atoms with Crippen molar-refractivity contribution in [3.63, 3.8) is 0 Å². The first-order chi connectivity index (χ1) is 15.5. The Morgan fingerprint density at radius 1 is 0.906 bits per heavy atom. The van der Waals surface area contributed by atoms with Crippen molar-refractivity contribution in [2.45, 2.75) is 0 Å². The second kappa shape index (κ2) is 9.77. The number of carbonyl (C=O) groups is 2. The van der Waals surface area contributed by atoms with E-state index in [4.69, 9.17) is 16.3 Å². The number of ether oxygens (including phenoxy) is 1. The zero-order valence-corrected chi connectivity index (χ0v) is 18.9. The van der Waals surface area contributed by atoms with Gasteiger partial charge in [-0.2, -0.15) is 5.10 Å². The third kappa shape index (κ3) is 4.88. The topological polar surface area (TPSA) is 67.8 Å². The molecular formula is C25H16BrClN2O3. The first-order valence-electron chi connectivity index (χ1n) is 9.60. The first kappa shape index (κ1) is 21.7. The standard InChI is InChI=1S/C25H16BrClN2O3/c26-18-12-13-23(32-25(31)21-9-3-4-11-22(21)27)17(14-18)15-28-29-24(30)20-10-5-7-16-6-1-2-8-19(16)20/h1-15H,(H,29,30)/b28-15+. The van der Waals surface area contributed by atoms with Crippen molar-refractivity contribution < 1.29 is 14.3 Å². The Kier molecular flexibility index (Phi) is 6.63. The lowest BCUT2D eigenvalue weighted by Crippen LogP contribution is -2.18. The van der Waals surface area contributed by atoms with Crippen LogP contribution in [0.2, 0.25) is 5.02 Å². The van der Waals surface area contributed by atoms with Crippen LogP contribution < -0.4 is 10.2 Å². The third-order valence-corrected chi connectivity index (χ3v) is 5.50. The van der Waals surface area contributed by atoms with E-state index in [2.05, 4.69) is 26.5 Å². The van der Waals surface area contributed by atoms with Crippen LogP contribution in [0, 0.1) is 0 Å². The van der Waals surface area contributed by atoms with E-state index in [1.54, 1.807) is 48.5 Å². The lowest BCUT2D eigenvalue weighted by molar-refractivity contribution is 0.0734. The van der Waals surface area contributed by atoms with Crippen LogP contribution in [-0.4, -0.2) is 18.1 Å². The van der Waals surface area contributed by atoms with Crippen LogP contribution in [-0.2, 0) is 0 Å². The van der Waals surface area contributed by atoms with Gasteiger partial charge < -0.3 is 4.74 Å². The molecule has 0 heterocycles. The fraction of sp³-hybridized carbons (Fsp3) is 0. The van der Waals surface area contributed by atoms with E-state index in [1.165, 1.54) is 6.21 Å². The van der Waals surface area contributed by atoms with Gasteiger partial charge in [0.25, 0.3) is 5.91 Å². The summed E-state index contributed by atoms with van der Waals surface area (Å²) in [6.07, 6.45) is 1.42. The molecule has 0 fully saturated rings. The molecule has 4 aromatic rings. The Bertz CT molecular complexity index is 1350. The van der Waals surface area contributed by atoms with Crippen LogP contribution in [0.25, 0.3) is 10.8 Å². The Morgan fingerprint density at radius 2 is 1.62 bits per heavy atom. The fourth-order valence-corrected chi connectivity index (χ4v) is 3.73. The maximum absolute atomic E-state index is 12.7. The third-order valence-electron chi connectivity index (χ3n) is 4.67. The average molecular weight is 508 g/mol. The number of rotatable bonds is 5. The Morgan fingerprint density at radius 3 is 2.47 bits per heavy atom. The molecule has 0 aliphatic rings. The highest BCUT2D eigenvalue weighted by molar-refractivity contribution is 9.10. The molecule has 1 amide bonds. The van der Waals surface area contributed by atoms with Crippen molar-refractivity contribution in [2.75, 3.05) is 0 Å². The molecule has 158 valence electrons. The van der Waals surface area contributed by atoms with Gasteiger partial charge in [0.15, 0.2) is 0 Å². The van der Waals surface area contributed by atoms with Gasteiger partial charge in [0.05, 0.1) is 16.8 Å². The molecule has 0 saturated carbocycles. The monoisotopic (exact) mass is 506 g/mol. The number of hydrazone groups is 1. The normalized spacial score (nSPS) is 10.9. The number of fused-ring (bicyclic) bond motifs is 1. The van der Waals surface area contributed by atoms with Gasteiger partial charge in [-0.25, -0.2) is 10.2 Å². The van der Waals surface area contributed by atoms with E-state index < -0.39 is 5.97 Å². The van der Waals surface area contributed by atoms with Crippen molar-refractivity contribution in [1.29, 1.82) is 0 Å². The summed E-state index contributed by atoms with van der Waals surface area (Å²) in [6.45, 7) is 0. The predicted molar refractivity (Wildman–Crippen MR) is 130 cm³/mol. The zero-order chi connectivity index (χ0) is 22.5. The number of halogens is 2. The Balaban J connectivity index is 1.54. The Hall–Kier alpha value is -3.48. The summed E-state index contributed by atoms with van der Waals surface area (Å²) in [5.74, 6) is -0.656. The number of amides is 1. The molecule has 0 aliphatic heterocycles. The number of hydrogen-bond donors (Lipinski definition) is 1. The van der Waals surface area contributed by atoms with E-state index in [0.29, 0.717) is 16.1 Å². The van der Waals surface area contributed by atoms with Gasteiger partial charge in [-0.05, 0) is 47.2 Å². The van der Waals surface area contributed by atoms with E-state index in [0.717, 1.165) is 15.2 Å². The summed E-state index contributed by atoms with van der Waals surface area (Å²) in [5, 5.41) is 6.16. The fourth-order valence-electron chi connectivity index (χ4n) is 3.14. The molecule has 0 aliphatic carbocycles. The molecule has 0 radical (unpaired) electrons. The molecule has 32 heavy (non-hydrogen) atoms. The number of nitrogens with zero attached hydrogens (tertiary/aromatic N) is 1. The van der Waals surface area contributed by atoms with Gasteiger partial charge in [-0.3, -0.25) is 4.79 Å². The second-order valence-corrected chi connectivity index (χ2v) is 8.10. The first-order valence-corrected chi connectivity index (χ1v) is 10.8. The van der Waals surface area contributed by atoms with Crippen molar-refractivity contribution in [3.05, 3.63) is 111 Å². The Labute approximate surface area is 197 Å². The summed E-state index contributed by atoms with van der Waals surface area (Å²) in [4.78, 5) is 25.2. The van der Waals surface area contributed by atoms with E-state index >= 15 is 0 Å². The largest absolute Gasteiger partial charge is 0.422 e. The highest BCUT2D eigenvalue weighted by Gasteiger charge is 2.14. The molecule has 7 heteroatoms. The molecule has 0 saturated heterocycles. The summed E-state index contributed by atoms with van der Waals surface area (Å²) >= 11 is 9.48. The minimum absolute atomic E-state index is 0.254. The molecule has 0 spiro atoms. The number of benzene rings is 4. The maximum atomic E-state index is 12.7. The number of esters is 1. The lowest BCUT2D eigenvalue weighted by Gasteiger charge is -2.09. The molecule has 0 unspecified atom stereocenters. The second-order valence-electron chi connectivity index (χ2n) is 6.78. The van der Waals surface area contributed by atoms with Gasteiger partial charge >= 0.3 is 5.97 Å². The number of carbonyl (C=O) groups excluding carboxylic acids is 2. The van der Waals surface area contributed by atoms with Crippen LogP contribution in [0.4, 0.5) is 0 Å². The minimum atomic E-state index is -0.590. The van der Waals surface area contributed by atoms with E-state index in [1.807, 2.05) is 36.4 Å². The molecular weight excluding hydrogens is 492 g/mol. The van der Waals surface area contributed by atoms with E-state index in [9.17, 15) is 9.59 Å². The molecule has 4 aromatic carbocycles. The molecule has 4 rings (SSSR count). The van der Waals surface area contributed by atoms with Crippen molar-refractivity contribution >= 4 is 56.4 Å². The summed E-state index contributed by atoms with van der Waals surface area (Å²) < 4.78 is 6.28. The maximum Gasteiger partial charge on any atom is 0.345 e. The van der Waals surface area contributed by atoms with Crippen LogP contribution in [0.5, 0.6) is 5.75 Å². The quantitative estimate of drug-likeness (QED) is 0.150. The van der Waals surface area contributed by atoms with Gasteiger partial charge in [0.2, 0.25) is 0 Å². The van der Waals surface area contributed by atoms with Gasteiger partial charge in [-0.15, -0.1) is 0 Å². The SMILES string of the molecule is O=C(Oc1ccc(Br)cc1/C=N/NC(=O)c1cccc2ccccc12)c1ccccc1Cl.